The summed E-state index contributed by atoms with van der Waals surface area (Å²) in [5, 5.41) is 3.67. The van der Waals surface area contributed by atoms with Crippen molar-refractivity contribution in [1.82, 2.24) is 10.3 Å². The molecule has 0 radical (unpaired) electrons. The molecule has 1 atom stereocenters. The lowest BCUT2D eigenvalue weighted by molar-refractivity contribution is -0.123. The van der Waals surface area contributed by atoms with Gasteiger partial charge < -0.3 is 5.32 Å². The third kappa shape index (κ3) is 4.30. The van der Waals surface area contributed by atoms with Crippen LogP contribution in [0.1, 0.15) is 37.9 Å². The Kier molecular flexibility index (Phi) is 4.63. The Morgan fingerprint density at radius 1 is 1.14 bits per heavy atom. The summed E-state index contributed by atoms with van der Waals surface area (Å²) in [6, 6.07) is 12.9. The second kappa shape index (κ2) is 6.27. The molecule has 1 unspecified atom stereocenters. The third-order valence-electron chi connectivity index (χ3n) is 2.95. The van der Waals surface area contributed by atoms with Crippen molar-refractivity contribution < 1.29 is 4.79 Å². The molecule has 0 saturated carbocycles. The van der Waals surface area contributed by atoms with Crippen molar-refractivity contribution in [3.8, 4) is 0 Å². The van der Waals surface area contributed by atoms with Crippen molar-refractivity contribution in [2.45, 2.75) is 32.2 Å². The molecular formula is C17H19ClN2O. The molecule has 2 rings (SSSR count). The van der Waals surface area contributed by atoms with Gasteiger partial charge >= 0.3 is 0 Å². The highest BCUT2D eigenvalue weighted by molar-refractivity contribution is 6.30. The van der Waals surface area contributed by atoms with E-state index in [1.807, 2.05) is 51.1 Å². The van der Waals surface area contributed by atoms with E-state index in [1.165, 1.54) is 0 Å². The van der Waals surface area contributed by atoms with Gasteiger partial charge in [0.05, 0.1) is 5.69 Å². The first-order valence-corrected chi connectivity index (χ1v) is 7.23. The molecular weight excluding hydrogens is 284 g/mol. The van der Waals surface area contributed by atoms with Crippen LogP contribution in [-0.2, 0) is 4.79 Å². The largest absolute Gasteiger partial charge is 0.351 e. The van der Waals surface area contributed by atoms with Gasteiger partial charge in [-0.2, -0.15) is 0 Å². The van der Waals surface area contributed by atoms with Crippen molar-refractivity contribution in [1.29, 1.82) is 0 Å². The number of benzene rings is 1. The number of carbonyl (C=O) groups is 1. The van der Waals surface area contributed by atoms with Gasteiger partial charge in [-0.25, -0.2) is 0 Å². The van der Waals surface area contributed by atoms with Gasteiger partial charge in [-0.05, 0) is 50.6 Å². The SMILES string of the molecule is CC(C)(C)NC(=O)C(c1ccc(Cl)cc1)c1ccccn1. The Balaban J connectivity index is 2.40. The maximum atomic E-state index is 12.7. The number of amides is 1. The molecule has 1 N–H and O–H groups in total. The molecule has 1 heterocycles. The highest BCUT2D eigenvalue weighted by Crippen LogP contribution is 2.25. The summed E-state index contributed by atoms with van der Waals surface area (Å²) in [5.41, 5.74) is 1.30. The molecule has 2 aromatic rings. The molecule has 0 saturated heterocycles. The molecule has 0 fully saturated rings. The minimum absolute atomic E-state index is 0.0662. The monoisotopic (exact) mass is 302 g/mol. The minimum Gasteiger partial charge on any atom is -0.351 e. The van der Waals surface area contributed by atoms with E-state index in [4.69, 9.17) is 11.6 Å². The molecule has 0 aliphatic heterocycles. The smallest absolute Gasteiger partial charge is 0.234 e. The van der Waals surface area contributed by atoms with Crippen molar-refractivity contribution in [3.63, 3.8) is 0 Å². The van der Waals surface area contributed by atoms with Crippen LogP contribution in [0.5, 0.6) is 0 Å². The summed E-state index contributed by atoms with van der Waals surface area (Å²) < 4.78 is 0. The minimum atomic E-state index is -0.442. The van der Waals surface area contributed by atoms with Crippen LogP contribution in [0.25, 0.3) is 0 Å². The van der Waals surface area contributed by atoms with Crippen molar-refractivity contribution in [3.05, 3.63) is 64.9 Å². The van der Waals surface area contributed by atoms with Crippen molar-refractivity contribution >= 4 is 17.5 Å². The lowest BCUT2D eigenvalue weighted by Gasteiger charge is -2.25. The molecule has 4 heteroatoms. The van der Waals surface area contributed by atoms with Gasteiger partial charge in [0.15, 0.2) is 0 Å². The standard InChI is InChI=1S/C17H19ClN2O/c1-17(2,3)20-16(21)15(14-6-4-5-11-19-14)12-7-9-13(18)10-8-12/h4-11,15H,1-3H3,(H,20,21). The van der Waals surface area contributed by atoms with E-state index in [1.54, 1.807) is 18.3 Å². The zero-order valence-corrected chi connectivity index (χ0v) is 13.2. The Labute approximate surface area is 130 Å². The fourth-order valence-electron chi connectivity index (χ4n) is 2.10. The molecule has 3 nitrogen and oxygen atoms in total. The summed E-state index contributed by atoms with van der Waals surface area (Å²) in [5.74, 6) is -0.508. The van der Waals surface area contributed by atoms with Crippen LogP contribution in [0.2, 0.25) is 5.02 Å². The number of pyridine rings is 1. The van der Waals surface area contributed by atoms with Crippen LogP contribution in [-0.4, -0.2) is 16.4 Å². The van der Waals surface area contributed by atoms with E-state index >= 15 is 0 Å². The number of nitrogens with one attached hydrogen (secondary N) is 1. The summed E-state index contributed by atoms with van der Waals surface area (Å²) in [4.78, 5) is 17.0. The average molecular weight is 303 g/mol. The molecule has 1 amide bonds. The van der Waals surface area contributed by atoms with Crippen LogP contribution in [0, 0.1) is 0 Å². The van der Waals surface area contributed by atoms with E-state index < -0.39 is 5.92 Å². The van der Waals surface area contributed by atoms with Gasteiger partial charge in [-0.1, -0.05) is 29.8 Å². The average Bonchev–Trinajstić information content (AvgIpc) is 2.40. The van der Waals surface area contributed by atoms with E-state index in [9.17, 15) is 4.79 Å². The number of hydrogen-bond donors (Lipinski definition) is 1. The van der Waals surface area contributed by atoms with E-state index in [0.29, 0.717) is 5.02 Å². The van der Waals surface area contributed by atoms with Crippen LogP contribution < -0.4 is 5.32 Å². The third-order valence-corrected chi connectivity index (χ3v) is 3.20. The molecule has 0 aliphatic carbocycles. The number of rotatable bonds is 3. The van der Waals surface area contributed by atoms with Crippen LogP contribution in [0.4, 0.5) is 0 Å². The predicted molar refractivity (Wildman–Crippen MR) is 85.4 cm³/mol. The second-order valence-corrected chi connectivity index (χ2v) is 6.41. The number of aromatic nitrogens is 1. The van der Waals surface area contributed by atoms with Gasteiger partial charge in [-0.15, -0.1) is 0 Å². The lowest BCUT2D eigenvalue weighted by Crippen LogP contribution is -2.43. The number of halogens is 1. The second-order valence-electron chi connectivity index (χ2n) is 5.98. The number of carbonyl (C=O) groups excluding carboxylic acids is 1. The quantitative estimate of drug-likeness (QED) is 0.937. The van der Waals surface area contributed by atoms with E-state index in [2.05, 4.69) is 10.3 Å². The fourth-order valence-corrected chi connectivity index (χ4v) is 2.23. The lowest BCUT2D eigenvalue weighted by atomic mass is 9.93. The van der Waals surface area contributed by atoms with Crippen molar-refractivity contribution in [2.24, 2.45) is 0 Å². The first-order valence-electron chi connectivity index (χ1n) is 6.85. The maximum Gasteiger partial charge on any atom is 0.234 e. The Bertz CT molecular complexity index is 603. The van der Waals surface area contributed by atoms with E-state index in [0.717, 1.165) is 11.3 Å². The Morgan fingerprint density at radius 2 is 1.81 bits per heavy atom. The molecule has 110 valence electrons. The van der Waals surface area contributed by atoms with Crippen LogP contribution in [0.15, 0.2) is 48.7 Å². The zero-order valence-electron chi connectivity index (χ0n) is 12.4. The number of nitrogens with zero attached hydrogens (tertiary/aromatic N) is 1. The fraction of sp³-hybridized carbons (Fsp3) is 0.294. The highest BCUT2D eigenvalue weighted by Gasteiger charge is 2.26. The Hall–Kier alpha value is -1.87. The van der Waals surface area contributed by atoms with Gasteiger partial charge in [0.1, 0.15) is 5.92 Å². The summed E-state index contributed by atoms with van der Waals surface area (Å²) in [6.45, 7) is 5.88. The summed E-state index contributed by atoms with van der Waals surface area (Å²) in [7, 11) is 0. The molecule has 1 aromatic heterocycles. The first kappa shape index (κ1) is 15.5. The van der Waals surface area contributed by atoms with Gasteiger partial charge in [0.25, 0.3) is 0 Å². The number of hydrogen-bond acceptors (Lipinski definition) is 2. The van der Waals surface area contributed by atoms with Crippen LogP contribution in [0.3, 0.4) is 0 Å². The Morgan fingerprint density at radius 3 is 2.33 bits per heavy atom. The van der Waals surface area contributed by atoms with Gasteiger partial charge in [0, 0.05) is 16.8 Å². The summed E-state index contributed by atoms with van der Waals surface area (Å²) >= 11 is 5.93. The molecule has 21 heavy (non-hydrogen) atoms. The van der Waals surface area contributed by atoms with Gasteiger partial charge in [-0.3, -0.25) is 9.78 Å². The van der Waals surface area contributed by atoms with Gasteiger partial charge in [0.2, 0.25) is 5.91 Å². The summed E-state index contributed by atoms with van der Waals surface area (Å²) in [6.07, 6.45) is 1.70. The highest BCUT2D eigenvalue weighted by atomic mass is 35.5. The topological polar surface area (TPSA) is 42.0 Å². The predicted octanol–water partition coefficient (Wildman–Crippen LogP) is 3.78. The van der Waals surface area contributed by atoms with E-state index in [-0.39, 0.29) is 11.4 Å². The molecule has 0 spiro atoms. The molecule has 1 aromatic carbocycles. The zero-order chi connectivity index (χ0) is 15.5. The normalized spacial score (nSPS) is 12.8. The molecule has 0 bridgehead atoms. The van der Waals surface area contributed by atoms with Crippen LogP contribution >= 0.6 is 11.6 Å². The first-order chi connectivity index (χ1) is 9.87. The van der Waals surface area contributed by atoms with Crippen molar-refractivity contribution in [2.75, 3.05) is 0 Å². The molecule has 0 aliphatic rings. The maximum absolute atomic E-state index is 12.7.